The second-order valence-electron chi connectivity index (χ2n) is 13.4. The van der Waals surface area contributed by atoms with Gasteiger partial charge in [0.15, 0.2) is 0 Å². The maximum atomic E-state index is 2.40. The fourth-order valence-corrected chi connectivity index (χ4v) is 7.86. The van der Waals surface area contributed by atoms with Gasteiger partial charge in [-0.3, -0.25) is 0 Å². The third-order valence-electron chi connectivity index (χ3n) is 10.3. The van der Waals surface area contributed by atoms with Gasteiger partial charge in [0.05, 0.1) is 11.0 Å². The molecule has 0 unspecified atom stereocenters. The van der Waals surface area contributed by atoms with Crippen molar-refractivity contribution in [1.29, 1.82) is 0 Å². The van der Waals surface area contributed by atoms with E-state index in [1.54, 1.807) is 0 Å². The average Bonchev–Trinajstić information content (AvgIpc) is 3.56. The zero-order valence-electron chi connectivity index (χ0n) is 28.5. The Morgan fingerprint density at radius 1 is 0.385 bits per heavy atom. The largest absolute Gasteiger partial charge is 0.310 e. The van der Waals surface area contributed by atoms with Gasteiger partial charge in [0.1, 0.15) is 0 Å². The topological polar surface area (TPSA) is 8.17 Å². The first-order valence-corrected chi connectivity index (χ1v) is 17.8. The van der Waals surface area contributed by atoms with E-state index in [0.29, 0.717) is 0 Å². The van der Waals surface area contributed by atoms with E-state index >= 15 is 0 Å². The van der Waals surface area contributed by atoms with E-state index in [2.05, 4.69) is 216 Å². The number of aromatic nitrogens is 1. The summed E-state index contributed by atoms with van der Waals surface area (Å²) in [5, 5.41) is 7.65. The lowest BCUT2D eigenvalue weighted by Gasteiger charge is -2.25. The van der Waals surface area contributed by atoms with Crippen LogP contribution in [0, 0.1) is 0 Å². The molecule has 0 aliphatic carbocycles. The molecule has 9 aromatic carbocycles. The van der Waals surface area contributed by atoms with E-state index in [4.69, 9.17) is 0 Å². The second kappa shape index (κ2) is 12.5. The summed E-state index contributed by atoms with van der Waals surface area (Å²) >= 11 is 0. The number of anilines is 3. The second-order valence-corrected chi connectivity index (χ2v) is 13.4. The van der Waals surface area contributed by atoms with Crippen LogP contribution in [0.2, 0.25) is 0 Å². The van der Waals surface area contributed by atoms with Crippen molar-refractivity contribution < 1.29 is 0 Å². The Kier molecular flexibility index (Phi) is 7.18. The van der Waals surface area contributed by atoms with Crippen LogP contribution in [0.25, 0.3) is 72.3 Å². The van der Waals surface area contributed by atoms with Gasteiger partial charge in [-0.1, -0.05) is 140 Å². The molecule has 0 bridgehead atoms. The lowest BCUT2D eigenvalue weighted by atomic mass is 9.94. The number of hydrogen-bond donors (Lipinski definition) is 0. The van der Waals surface area contributed by atoms with Crippen LogP contribution in [-0.4, -0.2) is 4.57 Å². The molecule has 10 aromatic rings. The van der Waals surface area contributed by atoms with E-state index in [0.717, 1.165) is 17.1 Å². The third kappa shape index (κ3) is 5.12. The Morgan fingerprint density at radius 2 is 1.00 bits per heavy atom. The highest BCUT2D eigenvalue weighted by atomic mass is 15.1. The molecular weight excluding hydrogens is 629 g/mol. The number of fused-ring (bicyclic) bond motifs is 1. The number of benzene rings is 9. The molecule has 0 N–H and O–H groups in total. The summed E-state index contributed by atoms with van der Waals surface area (Å²) in [5.74, 6) is 0. The molecule has 0 atom stereocenters. The molecule has 1 aromatic heterocycles. The molecule has 244 valence electrons. The molecule has 2 heteroatoms. The van der Waals surface area contributed by atoms with Gasteiger partial charge in [-0.05, 0) is 111 Å². The molecule has 0 aliphatic heterocycles. The molecule has 1 heterocycles. The highest BCUT2D eigenvalue weighted by Crippen LogP contribution is 2.42. The van der Waals surface area contributed by atoms with Crippen molar-refractivity contribution in [1.82, 2.24) is 4.57 Å². The normalized spacial score (nSPS) is 11.8. The molecule has 0 radical (unpaired) electrons. The first-order valence-electron chi connectivity index (χ1n) is 17.8. The maximum absolute atomic E-state index is 2.40. The van der Waals surface area contributed by atoms with Gasteiger partial charge in [-0.25, -0.2) is 0 Å². The lowest BCUT2D eigenvalue weighted by Crippen LogP contribution is -2.09. The van der Waals surface area contributed by atoms with Gasteiger partial charge in [-0.15, -0.1) is 0 Å². The lowest BCUT2D eigenvalue weighted by molar-refractivity contribution is 1.18. The van der Waals surface area contributed by atoms with E-state index < -0.39 is 0 Å². The zero-order chi connectivity index (χ0) is 34.4. The Labute approximate surface area is 303 Å². The highest BCUT2D eigenvalue weighted by molar-refractivity contribution is 6.26. The standard InChI is InChI=1S/C50H34N2/c1-4-12-41(13-5-1)51(42-14-6-2-7-15-42)44-29-27-39-33-36(23-26-40(39)34-44)20-19-35-21-24-37(25-22-35)45-31-32-48-50-46(45)30-28-38-11-10-18-47(49(38)50)52(48)43-16-8-3-9-17-43/h1-34H/b20-19+. The Hall–Kier alpha value is -6.90. The van der Waals surface area contributed by atoms with Crippen LogP contribution in [0.1, 0.15) is 11.1 Å². The van der Waals surface area contributed by atoms with Crippen LogP contribution in [-0.2, 0) is 0 Å². The average molecular weight is 663 g/mol. The minimum atomic E-state index is 1.14. The molecule has 52 heavy (non-hydrogen) atoms. The maximum Gasteiger partial charge on any atom is 0.0547 e. The van der Waals surface area contributed by atoms with Crippen molar-refractivity contribution in [3.8, 4) is 16.8 Å². The molecule has 2 nitrogen and oxygen atoms in total. The Balaban J connectivity index is 0.947. The predicted molar refractivity (Wildman–Crippen MR) is 222 cm³/mol. The van der Waals surface area contributed by atoms with Crippen molar-refractivity contribution in [2.24, 2.45) is 0 Å². The van der Waals surface area contributed by atoms with Gasteiger partial charge < -0.3 is 9.47 Å². The molecule has 0 aliphatic rings. The SMILES string of the molecule is C(=C\c1ccc2cc(N(c3ccccc3)c3ccccc3)ccc2c1)/c1ccc(-c2ccc3c4c2ccc2cccc(c24)n3-c2ccccc2)cc1. The van der Waals surface area contributed by atoms with Crippen LogP contribution in [0.3, 0.4) is 0 Å². The van der Waals surface area contributed by atoms with Crippen molar-refractivity contribution in [2.45, 2.75) is 0 Å². The fourth-order valence-electron chi connectivity index (χ4n) is 7.86. The van der Waals surface area contributed by atoms with Gasteiger partial charge in [0.2, 0.25) is 0 Å². The summed E-state index contributed by atoms with van der Waals surface area (Å²) in [6.07, 6.45) is 4.42. The quantitative estimate of drug-likeness (QED) is 0.122. The number of nitrogens with zero attached hydrogens (tertiary/aromatic N) is 2. The van der Waals surface area contributed by atoms with Crippen molar-refractivity contribution in [3.63, 3.8) is 0 Å². The molecule has 0 spiro atoms. The molecule has 0 amide bonds. The smallest absolute Gasteiger partial charge is 0.0547 e. The minimum Gasteiger partial charge on any atom is -0.310 e. The molecule has 10 rings (SSSR count). The van der Waals surface area contributed by atoms with Crippen molar-refractivity contribution >= 4 is 72.6 Å². The zero-order valence-corrected chi connectivity index (χ0v) is 28.5. The minimum absolute atomic E-state index is 1.14. The van der Waals surface area contributed by atoms with Gasteiger partial charge >= 0.3 is 0 Å². The van der Waals surface area contributed by atoms with Crippen LogP contribution in [0.5, 0.6) is 0 Å². The van der Waals surface area contributed by atoms with Crippen LogP contribution in [0.4, 0.5) is 17.1 Å². The third-order valence-corrected chi connectivity index (χ3v) is 10.3. The van der Waals surface area contributed by atoms with Crippen LogP contribution < -0.4 is 4.90 Å². The number of para-hydroxylation sites is 3. The first-order chi connectivity index (χ1) is 25.8. The Bertz CT molecular complexity index is 2830. The van der Waals surface area contributed by atoms with Crippen LogP contribution in [0.15, 0.2) is 194 Å². The predicted octanol–water partition coefficient (Wildman–Crippen LogP) is 13.8. The Morgan fingerprint density at radius 3 is 1.75 bits per heavy atom. The van der Waals surface area contributed by atoms with E-state index in [-0.39, 0.29) is 0 Å². The first kappa shape index (κ1) is 30.0. The summed E-state index contributed by atoms with van der Waals surface area (Å²) in [5.41, 5.74) is 11.9. The molecule has 0 saturated heterocycles. The van der Waals surface area contributed by atoms with Gasteiger partial charge in [-0.2, -0.15) is 0 Å². The number of rotatable bonds is 7. The molecular formula is C50H34N2. The fraction of sp³-hybridized carbons (Fsp3) is 0. The summed E-state index contributed by atoms with van der Waals surface area (Å²) < 4.78 is 2.40. The number of hydrogen-bond acceptors (Lipinski definition) is 1. The van der Waals surface area contributed by atoms with Crippen molar-refractivity contribution in [3.05, 3.63) is 205 Å². The van der Waals surface area contributed by atoms with Gasteiger partial charge in [0.25, 0.3) is 0 Å². The summed E-state index contributed by atoms with van der Waals surface area (Å²) in [6, 6.07) is 70.0. The van der Waals surface area contributed by atoms with E-state index in [1.807, 2.05) is 0 Å². The summed E-state index contributed by atoms with van der Waals surface area (Å²) in [6.45, 7) is 0. The molecule has 0 saturated carbocycles. The highest BCUT2D eigenvalue weighted by Gasteiger charge is 2.18. The molecule has 0 fully saturated rings. The summed E-state index contributed by atoms with van der Waals surface area (Å²) in [4.78, 5) is 2.31. The van der Waals surface area contributed by atoms with Crippen molar-refractivity contribution in [2.75, 3.05) is 4.90 Å². The van der Waals surface area contributed by atoms with E-state index in [9.17, 15) is 0 Å². The summed E-state index contributed by atoms with van der Waals surface area (Å²) in [7, 11) is 0. The van der Waals surface area contributed by atoms with Crippen LogP contribution >= 0.6 is 0 Å². The van der Waals surface area contributed by atoms with E-state index in [1.165, 1.54) is 71.3 Å². The van der Waals surface area contributed by atoms with Gasteiger partial charge in [0, 0.05) is 33.5 Å². The monoisotopic (exact) mass is 662 g/mol.